The third-order valence-electron chi connectivity index (χ3n) is 7.07. The van der Waals surface area contributed by atoms with Gasteiger partial charge in [0.1, 0.15) is 0 Å². The number of nitro groups is 1. The second-order valence-corrected chi connectivity index (χ2v) is 9.91. The predicted octanol–water partition coefficient (Wildman–Crippen LogP) is 5.17. The lowest BCUT2D eigenvalue weighted by atomic mass is 10.1. The molecule has 0 radical (unpaired) electrons. The molecule has 2 aromatic heterocycles. The molecule has 1 fully saturated rings. The van der Waals surface area contributed by atoms with Gasteiger partial charge in [-0.3, -0.25) is 14.9 Å². The number of anilines is 1. The molecule has 1 saturated heterocycles. The Morgan fingerprint density at radius 1 is 0.974 bits per heavy atom. The van der Waals surface area contributed by atoms with Gasteiger partial charge in [0.05, 0.1) is 16.0 Å². The molecule has 0 bridgehead atoms. The number of aromatic nitrogens is 4. The van der Waals surface area contributed by atoms with E-state index in [4.69, 9.17) is 16.6 Å². The van der Waals surface area contributed by atoms with Crippen LogP contribution >= 0.6 is 11.6 Å². The summed E-state index contributed by atoms with van der Waals surface area (Å²) in [4.78, 5) is 33.7. The zero-order valence-electron chi connectivity index (χ0n) is 21.1. The van der Waals surface area contributed by atoms with E-state index in [9.17, 15) is 14.9 Å². The van der Waals surface area contributed by atoms with Gasteiger partial charge in [-0.15, -0.1) is 10.2 Å². The van der Waals surface area contributed by atoms with E-state index >= 15 is 0 Å². The number of carbonyl (C=O) groups excluding carboxylic acids is 1. The number of halogens is 1. The van der Waals surface area contributed by atoms with Crippen molar-refractivity contribution in [2.24, 2.45) is 0 Å². The fraction of sp³-hybridized carbons (Fsp3) is 0.214. The monoisotopic (exact) mass is 541 g/mol. The summed E-state index contributed by atoms with van der Waals surface area (Å²) in [5.74, 6) is 0.875. The fourth-order valence-electron chi connectivity index (χ4n) is 5.10. The van der Waals surface area contributed by atoms with Gasteiger partial charge in [-0.1, -0.05) is 41.9 Å². The average Bonchev–Trinajstić information content (AvgIpc) is 3.23. The molecule has 1 aliphatic rings. The Labute approximate surface area is 228 Å². The van der Waals surface area contributed by atoms with Gasteiger partial charge in [-0.25, -0.2) is 9.38 Å². The Kier molecular flexibility index (Phi) is 6.32. The van der Waals surface area contributed by atoms with Gasteiger partial charge in [-0.05, 0) is 49.2 Å². The van der Waals surface area contributed by atoms with E-state index in [0.717, 1.165) is 17.4 Å². The Morgan fingerprint density at radius 2 is 1.77 bits per heavy atom. The summed E-state index contributed by atoms with van der Waals surface area (Å²) in [7, 11) is 0. The van der Waals surface area contributed by atoms with Crippen molar-refractivity contribution < 1.29 is 9.72 Å². The molecular weight excluding hydrogens is 518 g/mol. The van der Waals surface area contributed by atoms with Crippen molar-refractivity contribution in [2.75, 3.05) is 31.1 Å². The number of para-hydroxylation sites is 1. The summed E-state index contributed by atoms with van der Waals surface area (Å²) in [6.07, 6.45) is 0.720. The van der Waals surface area contributed by atoms with E-state index in [1.54, 1.807) is 34.7 Å². The van der Waals surface area contributed by atoms with Crippen LogP contribution in [0.2, 0.25) is 5.02 Å². The van der Waals surface area contributed by atoms with Crippen molar-refractivity contribution in [3.8, 4) is 11.4 Å². The number of rotatable bonds is 4. The number of fused-ring (bicyclic) bond motifs is 3. The largest absolute Gasteiger partial charge is 0.340 e. The third kappa shape index (κ3) is 4.42. The predicted molar refractivity (Wildman–Crippen MR) is 149 cm³/mol. The first kappa shape index (κ1) is 24.7. The smallest absolute Gasteiger partial charge is 0.280 e. The molecule has 0 aliphatic carbocycles. The van der Waals surface area contributed by atoms with E-state index < -0.39 is 4.92 Å². The number of nitro benzene ring substituents is 1. The molecule has 0 saturated carbocycles. The topological polar surface area (TPSA) is 110 Å². The minimum Gasteiger partial charge on any atom is -0.340 e. The molecule has 196 valence electrons. The standard InChI is InChI=1S/C28H24ClN7O3/c1-18-7-2-3-8-20(18)27(37)33-13-6-14-34(16-15-33)28-30-23-17-19(29)11-12-21(23)25-31-32-26(35(25)28)22-9-4-5-10-24(22)36(38)39/h2-5,7-12,17H,6,13-16H2,1H3. The lowest BCUT2D eigenvalue weighted by Gasteiger charge is -2.24. The molecule has 6 rings (SSSR count). The van der Waals surface area contributed by atoms with Crippen molar-refractivity contribution >= 4 is 45.7 Å². The van der Waals surface area contributed by atoms with Crippen LogP contribution in [0.4, 0.5) is 11.6 Å². The van der Waals surface area contributed by atoms with E-state index in [0.29, 0.717) is 65.3 Å². The molecule has 0 unspecified atom stereocenters. The summed E-state index contributed by atoms with van der Waals surface area (Å²) >= 11 is 6.30. The van der Waals surface area contributed by atoms with Gasteiger partial charge in [0.25, 0.3) is 11.6 Å². The Morgan fingerprint density at radius 3 is 2.59 bits per heavy atom. The minimum atomic E-state index is -0.425. The fourth-order valence-corrected chi connectivity index (χ4v) is 5.27. The van der Waals surface area contributed by atoms with Gasteiger partial charge in [-0.2, -0.15) is 0 Å². The van der Waals surface area contributed by atoms with Crippen LogP contribution in [-0.2, 0) is 0 Å². The Balaban J connectivity index is 1.46. The minimum absolute atomic E-state index is 0.00301. The van der Waals surface area contributed by atoms with Crippen LogP contribution in [0.1, 0.15) is 22.3 Å². The van der Waals surface area contributed by atoms with Crippen LogP contribution < -0.4 is 4.90 Å². The number of hydrogen-bond donors (Lipinski definition) is 0. The van der Waals surface area contributed by atoms with Crippen LogP contribution in [0.15, 0.2) is 66.7 Å². The van der Waals surface area contributed by atoms with E-state index in [-0.39, 0.29) is 11.6 Å². The zero-order valence-corrected chi connectivity index (χ0v) is 21.9. The zero-order chi connectivity index (χ0) is 27.1. The quantitative estimate of drug-likeness (QED) is 0.228. The van der Waals surface area contributed by atoms with E-state index in [1.165, 1.54) is 6.07 Å². The lowest BCUT2D eigenvalue weighted by molar-refractivity contribution is -0.384. The van der Waals surface area contributed by atoms with Gasteiger partial charge < -0.3 is 9.80 Å². The molecule has 3 aromatic carbocycles. The molecule has 10 nitrogen and oxygen atoms in total. The highest BCUT2D eigenvalue weighted by atomic mass is 35.5. The molecule has 11 heteroatoms. The number of benzene rings is 3. The molecule has 5 aromatic rings. The molecule has 0 atom stereocenters. The molecule has 3 heterocycles. The maximum absolute atomic E-state index is 13.3. The van der Waals surface area contributed by atoms with Gasteiger partial charge in [0.15, 0.2) is 11.5 Å². The molecule has 1 aliphatic heterocycles. The first-order valence-electron chi connectivity index (χ1n) is 12.6. The number of carbonyl (C=O) groups is 1. The van der Waals surface area contributed by atoms with Crippen LogP contribution in [-0.4, -0.2) is 61.5 Å². The Hall–Kier alpha value is -4.57. The van der Waals surface area contributed by atoms with Crippen LogP contribution in [0.25, 0.3) is 27.9 Å². The van der Waals surface area contributed by atoms with Crippen LogP contribution in [0.5, 0.6) is 0 Å². The van der Waals surface area contributed by atoms with Gasteiger partial charge in [0, 0.05) is 48.2 Å². The van der Waals surface area contributed by atoms with Gasteiger partial charge >= 0.3 is 0 Å². The third-order valence-corrected chi connectivity index (χ3v) is 7.30. The lowest BCUT2D eigenvalue weighted by Crippen LogP contribution is -2.36. The number of hydrogen-bond acceptors (Lipinski definition) is 7. The van der Waals surface area contributed by atoms with E-state index in [2.05, 4.69) is 15.1 Å². The van der Waals surface area contributed by atoms with Crippen molar-refractivity contribution in [3.05, 3.63) is 93.0 Å². The van der Waals surface area contributed by atoms with Crippen LogP contribution in [0.3, 0.4) is 0 Å². The normalized spacial score (nSPS) is 14.1. The molecular formula is C28H24ClN7O3. The molecule has 1 amide bonds. The molecule has 0 N–H and O–H groups in total. The summed E-state index contributed by atoms with van der Waals surface area (Å²) < 4.78 is 1.78. The second-order valence-electron chi connectivity index (χ2n) is 9.48. The summed E-state index contributed by atoms with van der Waals surface area (Å²) in [5.41, 5.74) is 3.08. The number of amides is 1. The first-order valence-corrected chi connectivity index (χ1v) is 13.0. The highest BCUT2D eigenvalue weighted by molar-refractivity contribution is 6.31. The van der Waals surface area contributed by atoms with Gasteiger partial charge in [0.2, 0.25) is 5.95 Å². The number of nitrogens with zero attached hydrogens (tertiary/aromatic N) is 7. The second kappa shape index (κ2) is 9.95. The Bertz CT molecular complexity index is 1750. The van der Waals surface area contributed by atoms with Crippen molar-refractivity contribution in [1.82, 2.24) is 24.5 Å². The maximum Gasteiger partial charge on any atom is 0.280 e. The molecule has 39 heavy (non-hydrogen) atoms. The summed E-state index contributed by atoms with van der Waals surface area (Å²) in [5, 5.41) is 21.9. The van der Waals surface area contributed by atoms with E-state index in [1.807, 2.05) is 42.2 Å². The summed E-state index contributed by atoms with van der Waals surface area (Å²) in [6.45, 7) is 4.17. The summed E-state index contributed by atoms with van der Waals surface area (Å²) in [6, 6.07) is 19.4. The van der Waals surface area contributed by atoms with Crippen LogP contribution in [0, 0.1) is 17.0 Å². The van der Waals surface area contributed by atoms with Crippen molar-refractivity contribution in [1.29, 1.82) is 0 Å². The maximum atomic E-state index is 13.3. The number of aryl methyl sites for hydroxylation is 1. The van der Waals surface area contributed by atoms with Crippen molar-refractivity contribution in [2.45, 2.75) is 13.3 Å². The highest BCUT2D eigenvalue weighted by Gasteiger charge is 2.27. The molecule has 0 spiro atoms. The average molecular weight is 542 g/mol. The highest BCUT2D eigenvalue weighted by Crippen LogP contribution is 2.34. The van der Waals surface area contributed by atoms with Crippen molar-refractivity contribution in [3.63, 3.8) is 0 Å². The SMILES string of the molecule is Cc1ccccc1C(=O)N1CCCN(c2nc3cc(Cl)ccc3c3nnc(-c4ccccc4[N+](=O)[O-])n23)CC1. The first-order chi connectivity index (χ1) is 18.9.